The summed E-state index contributed by atoms with van der Waals surface area (Å²) in [6.45, 7) is 7.88. The third-order valence-corrected chi connectivity index (χ3v) is 6.03. The van der Waals surface area contributed by atoms with Gasteiger partial charge >= 0.3 is 0 Å². The molecule has 10 heteroatoms. The van der Waals surface area contributed by atoms with Crippen molar-refractivity contribution in [2.24, 2.45) is 5.73 Å². The number of hydrogen-bond donors (Lipinski definition) is 1. The Morgan fingerprint density at radius 1 is 1.28 bits per heavy atom. The molecule has 2 N–H and O–H groups in total. The Labute approximate surface area is 182 Å². The molecule has 1 atom stereocenters. The van der Waals surface area contributed by atoms with E-state index in [1.54, 1.807) is 16.7 Å². The molecule has 2 aliphatic rings. The van der Waals surface area contributed by atoms with Gasteiger partial charge in [0.15, 0.2) is 11.6 Å². The average molecular weight is 438 g/mol. The highest BCUT2D eigenvalue weighted by atomic mass is 19.2. The van der Waals surface area contributed by atoms with Gasteiger partial charge in [0.05, 0.1) is 17.4 Å². The molecule has 5 rings (SSSR count). The minimum Gasteiger partial charge on any atom is -0.337 e. The van der Waals surface area contributed by atoms with Crippen molar-refractivity contribution in [3.05, 3.63) is 72.6 Å². The van der Waals surface area contributed by atoms with Crippen LogP contribution in [-0.4, -0.2) is 37.0 Å². The molecule has 8 nitrogen and oxygen atoms in total. The van der Waals surface area contributed by atoms with Crippen LogP contribution >= 0.6 is 0 Å². The summed E-state index contributed by atoms with van der Waals surface area (Å²) in [4.78, 5) is 23.4. The van der Waals surface area contributed by atoms with Crippen LogP contribution < -0.4 is 5.73 Å². The normalized spacial score (nSPS) is 17.2. The van der Waals surface area contributed by atoms with E-state index >= 15 is 0 Å². The van der Waals surface area contributed by atoms with Crippen molar-refractivity contribution in [1.29, 1.82) is 0 Å². The smallest absolute Gasteiger partial charge is 0.259 e. The quantitative estimate of drug-likeness (QED) is 0.592. The summed E-state index contributed by atoms with van der Waals surface area (Å²) in [7, 11) is 0. The molecule has 0 spiro atoms. The highest BCUT2D eigenvalue weighted by molar-refractivity contribution is 5.99. The zero-order valence-corrected chi connectivity index (χ0v) is 17.1. The van der Waals surface area contributed by atoms with E-state index in [0.29, 0.717) is 37.2 Å². The zero-order chi connectivity index (χ0) is 22.6. The van der Waals surface area contributed by atoms with Crippen molar-refractivity contribution in [3.63, 3.8) is 0 Å². The Morgan fingerprint density at radius 3 is 2.69 bits per heavy atom. The molecule has 1 aromatic carbocycles. The molecule has 0 bridgehead atoms. The van der Waals surface area contributed by atoms with E-state index in [9.17, 15) is 13.6 Å². The van der Waals surface area contributed by atoms with Gasteiger partial charge in [-0.1, -0.05) is 17.3 Å². The molecule has 0 unspecified atom stereocenters. The van der Waals surface area contributed by atoms with E-state index in [1.165, 1.54) is 17.3 Å². The average Bonchev–Trinajstić information content (AvgIpc) is 3.36. The maximum Gasteiger partial charge on any atom is 0.259 e. The summed E-state index contributed by atoms with van der Waals surface area (Å²) in [5, 5.41) is 4.07. The van der Waals surface area contributed by atoms with Gasteiger partial charge in [-0.05, 0) is 31.4 Å². The molecule has 4 heterocycles. The van der Waals surface area contributed by atoms with Crippen molar-refractivity contribution in [2.75, 3.05) is 6.54 Å². The lowest BCUT2D eigenvalue weighted by molar-refractivity contribution is 0.0456. The van der Waals surface area contributed by atoms with Gasteiger partial charge < -0.3 is 15.2 Å². The molecule has 32 heavy (non-hydrogen) atoms. The number of nitrogens with two attached hydrogens (primary N) is 1. The summed E-state index contributed by atoms with van der Waals surface area (Å²) in [6, 6.07) is 1.99. The molecule has 3 aromatic rings. The summed E-state index contributed by atoms with van der Waals surface area (Å²) < 4.78 is 35.6. The van der Waals surface area contributed by atoms with Crippen LogP contribution in [0.15, 0.2) is 48.3 Å². The number of hydrogen-bond acceptors (Lipinski definition) is 6. The Morgan fingerprint density at radius 2 is 2.03 bits per heavy atom. The number of carbonyl (C=O) groups excluding carboxylic acids is 1. The number of rotatable bonds is 6. The molecule has 1 fully saturated rings. The largest absolute Gasteiger partial charge is 0.337 e. The highest BCUT2D eigenvalue weighted by Gasteiger charge is 2.44. The van der Waals surface area contributed by atoms with Crippen molar-refractivity contribution < 1.29 is 18.1 Å². The lowest BCUT2D eigenvalue weighted by atomic mass is 9.92. The Bertz CT molecular complexity index is 1250. The van der Waals surface area contributed by atoms with Crippen LogP contribution in [-0.2, 0) is 5.54 Å². The Balaban J connectivity index is 1.66. The molecule has 164 valence electrons. The van der Waals surface area contributed by atoms with Crippen molar-refractivity contribution in [2.45, 2.75) is 30.8 Å². The van der Waals surface area contributed by atoms with Gasteiger partial charge in [0, 0.05) is 6.54 Å². The van der Waals surface area contributed by atoms with Crippen LogP contribution in [0.1, 0.15) is 47.2 Å². The molecule has 0 saturated carbocycles. The first kappa shape index (κ1) is 20.3. The van der Waals surface area contributed by atoms with Crippen LogP contribution in [0.2, 0.25) is 0 Å². The first-order valence-corrected chi connectivity index (χ1v) is 10.1. The van der Waals surface area contributed by atoms with Gasteiger partial charge in [-0.25, -0.2) is 13.8 Å². The Kier molecular flexibility index (Phi) is 4.55. The van der Waals surface area contributed by atoms with Crippen LogP contribution in [0.5, 0.6) is 0 Å². The summed E-state index contributed by atoms with van der Waals surface area (Å²) >= 11 is 0. The van der Waals surface area contributed by atoms with Gasteiger partial charge in [-0.3, -0.25) is 9.36 Å². The predicted octanol–water partition coefficient (Wildman–Crippen LogP) is 3.41. The van der Waals surface area contributed by atoms with Crippen molar-refractivity contribution >= 4 is 5.91 Å². The number of aromatic nitrogens is 4. The minimum atomic E-state index is -1.18. The molecule has 1 saturated heterocycles. The van der Waals surface area contributed by atoms with Crippen molar-refractivity contribution in [3.8, 4) is 17.2 Å². The molecule has 0 aliphatic carbocycles. The van der Waals surface area contributed by atoms with E-state index < -0.39 is 23.1 Å². The van der Waals surface area contributed by atoms with Crippen LogP contribution in [0, 0.1) is 11.6 Å². The van der Waals surface area contributed by atoms with Crippen molar-refractivity contribution in [1.82, 2.24) is 24.6 Å². The molecular weight excluding hydrogens is 418 g/mol. The number of amides is 1. The van der Waals surface area contributed by atoms with Gasteiger partial charge in [-0.2, -0.15) is 4.98 Å². The summed E-state index contributed by atoms with van der Waals surface area (Å²) in [6.07, 6.45) is 6.21. The lowest BCUT2D eigenvalue weighted by Crippen LogP contribution is -2.45. The second kappa shape index (κ2) is 7.20. The van der Waals surface area contributed by atoms with E-state index in [-0.39, 0.29) is 29.0 Å². The molecule has 0 radical (unpaired) electrons. The molecule has 2 aliphatic heterocycles. The molecule has 2 aromatic heterocycles. The number of carbonyl (C=O) groups is 1. The fourth-order valence-corrected chi connectivity index (χ4v) is 4.34. The van der Waals surface area contributed by atoms with Gasteiger partial charge in [0.2, 0.25) is 11.7 Å². The lowest BCUT2D eigenvalue weighted by Gasteiger charge is -2.39. The van der Waals surface area contributed by atoms with E-state index in [1.807, 2.05) is 0 Å². The monoisotopic (exact) mass is 438 g/mol. The Hall–Kier alpha value is -3.66. The maximum atomic E-state index is 14.6. The van der Waals surface area contributed by atoms with E-state index in [2.05, 4.69) is 28.3 Å². The minimum absolute atomic E-state index is 0.196. The molecular formula is C22H20F2N6O2. The SMILES string of the molecule is C=CCC(N)(CC=C)c1nc(-c2ncn3c2[C@@H]2CCN2C(=O)c2c-3ccc(F)c2F)no1. The standard InChI is InChI=1S/C22H20F2N6O2/c1-3-8-22(25,9-4-2)21-27-19(28-32-21)17-18-14-7-10-29(14)20(31)15-13(30(18)11-26-17)6-5-12(23)16(15)24/h3-6,11,14H,1-2,7-10,25H2/t14-/m0/s1. The fourth-order valence-electron chi connectivity index (χ4n) is 4.34. The number of nitrogens with zero attached hydrogens (tertiary/aromatic N) is 5. The zero-order valence-electron chi connectivity index (χ0n) is 17.1. The third kappa shape index (κ3) is 2.76. The summed E-state index contributed by atoms with van der Waals surface area (Å²) in [5.41, 5.74) is 6.38. The van der Waals surface area contributed by atoms with Crippen LogP contribution in [0.4, 0.5) is 8.78 Å². The number of fused-ring (bicyclic) bond motifs is 5. The third-order valence-electron chi connectivity index (χ3n) is 6.03. The molecule has 1 amide bonds. The predicted molar refractivity (Wildman–Crippen MR) is 111 cm³/mol. The first-order chi connectivity index (χ1) is 15.4. The maximum absolute atomic E-state index is 14.6. The van der Waals surface area contributed by atoms with Gasteiger partial charge in [0.25, 0.3) is 5.91 Å². The van der Waals surface area contributed by atoms with Crippen LogP contribution in [0.25, 0.3) is 17.2 Å². The van der Waals surface area contributed by atoms with Gasteiger partial charge in [-0.15, -0.1) is 13.2 Å². The van der Waals surface area contributed by atoms with Crippen LogP contribution in [0.3, 0.4) is 0 Å². The van der Waals surface area contributed by atoms with Gasteiger partial charge in [0.1, 0.15) is 23.1 Å². The number of benzene rings is 1. The summed E-state index contributed by atoms with van der Waals surface area (Å²) in [5.74, 6) is -2.41. The number of imidazole rings is 1. The van der Waals surface area contributed by atoms with E-state index in [4.69, 9.17) is 10.3 Å². The fraction of sp³-hybridized carbons (Fsp3) is 0.273. The second-order valence-corrected chi connectivity index (χ2v) is 7.97. The first-order valence-electron chi connectivity index (χ1n) is 10.1. The highest BCUT2D eigenvalue weighted by Crippen LogP contribution is 2.44. The number of halogens is 2. The topological polar surface area (TPSA) is 103 Å². The second-order valence-electron chi connectivity index (χ2n) is 7.97. The van der Waals surface area contributed by atoms with E-state index in [0.717, 1.165) is 6.07 Å².